The van der Waals surface area contributed by atoms with Crippen molar-refractivity contribution in [2.45, 2.75) is 52.4 Å². The van der Waals surface area contributed by atoms with E-state index in [1.165, 1.54) is 4.88 Å². The van der Waals surface area contributed by atoms with Crippen LogP contribution in [0.25, 0.3) is 10.7 Å². The summed E-state index contributed by atoms with van der Waals surface area (Å²) in [6.45, 7) is 13.0. The van der Waals surface area contributed by atoms with Gasteiger partial charge in [0.25, 0.3) is 0 Å². The first-order valence-corrected chi connectivity index (χ1v) is 7.92. The topological polar surface area (TPSA) is 25.8 Å². The molecule has 108 valence electrons. The van der Waals surface area contributed by atoms with Gasteiger partial charge in [-0.3, -0.25) is 0 Å². The number of hydrogen-bond acceptors (Lipinski definition) is 3. The van der Waals surface area contributed by atoms with E-state index in [0.29, 0.717) is 5.15 Å². The molecular formula is C16H21ClN2S. The Morgan fingerprint density at radius 2 is 1.60 bits per heavy atom. The molecule has 0 aliphatic rings. The van der Waals surface area contributed by atoms with Gasteiger partial charge in [0.1, 0.15) is 5.15 Å². The van der Waals surface area contributed by atoms with Gasteiger partial charge in [-0.05, 0) is 23.6 Å². The summed E-state index contributed by atoms with van der Waals surface area (Å²) < 4.78 is 0. The van der Waals surface area contributed by atoms with Gasteiger partial charge in [0.15, 0.2) is 5.82 Å². The second-order valence-corrected chi connectivity index (χ2v) is 8.53. The Morgan fingerprint density at radius 3 is 2.10 bits per heavy atom. The highest BCUT2D eigenvalue weighted by molar-refractivity contribution is 7.15. The van der Waals surface area contributed by atoms with Crippen molar-refractivity contribution in [3.05, 3.63) is 33.9 Å². The van der Waals surface area contributed by atoms with Crippen LogP contribution in [0.2, 0.25) is 5.15 Å². The van der Waals surface area contributed by atoms with Gasteiger partial charge in [-0.1, -0.05) is 53.1 Å². The molecule has 0 aromatic carbocycles. The van der Waals surface area contributed by atoms with Gasteiger partial charge in [0.05, 0.1) is 10.6 Å². The zero-order valence-electron chi connectivity index (χ0n) is 12.9. The molecule has 0 N–H and O–H groups in total. The summed E-state index contributed by atoms with van der Waals surface area (Å²) in [4.78, 5) is 11.5. The first-order chi connectivity index (χ1) is 9.07. The minimum atomic E-state index is -0.0363. The minimum absolute atomic E-state index is 0.0363. The number of aromatic nitrogens is 2. The van der Waals surface area contributed by atoms with Gasteiger partial charge in [-0.2, -0.15) is 0 Å². The summed E-state index contributed by atoms with van der Waals surface area (Å²) in [5.74, 6) is 0.725. The summed E-state index contributed by atoms with van der Waals surface area (Å²) in [5.41, 5.74) is 1.08. The first kappa shape index (κ1) is 15.5. The van der Waals surface area contributed by atoms with Gasteiger partial charge in [-0.25, -0.2) is 9.97 Å². The molecule has 2 nitrogen and oxygen atoms in total. The smallest absolute Gasteiger partial charge is 0.171 e. The van der Waals surface area contributed by atoms with E-state index in [2.05, 4.69) is 63.6 Å². The Balaban J connectivity index is 2.48. The lowest BCUT2D eigenvalue weighted by atomic mass is 9.92. The van der Waals surface area contributed by atoms with E-state index in [9.17, 15) is 0 Å². The van der Waals surface area contributed by atoms with E-state index >= 15 is 0 Å². The molecule has 0 atom stereocenters. The highest BCUT2D eigenvalue weighted by Crippen LogP contribution is 2.34. The van der Waals surface area contributed by atoms with Gasteiger partial charge in [0.2, 0.25) is 0 Å². The molecule has 4 heteroatoms. The third kappa shape index (κ3) is 3.39. The van der Waals surface area contributed by atoms with Crippen LogP contribution in [0.5, 0.6) is 0 Å². The molecule has 0 radical (unpaired) electrons. The normalized spacial score (nSPS) is 12.8. The van der Waals surface area contributed by atoms with E-state index in [0.717, 1.165) is 16.4 Å². The van der Waals surface area contributed by atoms with Crippen molar-refractivity contribution in [1.82, 2.24) is 9.97 Å². The van der Waals surface area contributed by atoms with Crippen molar-refractivity contribution in [3.8, 4) is 10.7 Å². The Labute approximate surface area is 130 Å². The molecule has 0 bridgehead atoms. The number of hydrogen-bond donors (Lipinski definition) is 0. The quantitative estimate of drug-likeness (QED) is 0.654. The first-order valence-electron chi connectivity index (χ1n) is 6.73. The zero-order chi connectivity index (χ0) is 15.1. The van der Waals surface area contributed by atoms with Crippen molar-refractivity contribution in [3.63, 3.8) is 0 Å². The van der Waals surface area contributed by atoms with Crippen molar-refractivity contribution < 1.29 is 0 Å². The van der Waals surface area contributed by atoms with Crippen LogP contribution in [0, 0.1) is 0 Å². The third-order valence-electron chi connectivity index (χ3n) is 3.03. The molecule has 2 heterocycles. The molecule has 0 aliphatic heterocycles. The van der Waals surface area contributed by atoms with Gasteiger partial charge in [0, 0.05) is 10.3 Å². The Morgan fingerprint density at radius 1 is 0.950 bits per heavy atom. The molecule has 0 unspecified atom stereocenters. The van der Waals surface area contributed by atoms with Crippen LogP contribution in [0.1, 0.15) is 52.1 Å². The van der Waals surface area contributed by atoms with E-state index in [4.69, 9.17) is 11.6 Å². The number of nitrogens with zero attached hydrogens (tertiary/aromatic N) is 2. The summed E-state index contributed by atoms with van der Waals surface area (Å²) >= 11 is 7.89. The van der Waals surface area contributed by atoms with Crippen LogP contribution in [0.15, 0.2) is 18.2 Å². The largest absolute Gasteiger partial charge is 0.232 e. The summed E-state index contributed by atoms with van der Waals surface area (Å²) in [6.07, 6.45) is 0. The van der Waals surface area contributed by atoms with E-state index in [1.54, 1.807) is 11.3 Å². The Bertz CT molecular complexity index is 618. The van der Waals surface area contributed by atoms with Crippen molar-refractivity contribution in [2.75, 3.05) is 0 Å². The average Bonchev–Trinajstić information content (AvgIpc) is 2.75. The maximum Gasteiger partial charge on any atom is 0.171 e. The lowest BCUT2D eigenvalue weighted by Crippen LogP contribution is -2.14. The summed E-state index contributed by atoms with van der Waals surface area (Å²) in [7, 11) is 0. The fourth-order valence-corrected chi connectivity index (χ4v) is 2.95. The lowest BCUT2D eigenvalue weighted by molar-refractivity contribution is 0.568. The molecule has 0 aliphatic carbocycles. The predicted octanol–water partition coefficient (Wildman–Crippen LogP) is 5.45. The average molecular weight is 309 g/mol. The summed E-state index contributed by atoms with van der Waals surface area (Å²) in [5, 5.41) is 0.505. The minimum Gasteiger partial charge on any atom is -0.232 e. The second-order valence-electron chi connectivity index (χ2n) is 7.06. The lowest BCUT2D eigenvalue weighted by Gasteiger charge is -2.18. The number of halogens is 1. The fraction of sp³-hybridized carbons (Fsp3) is 0.500. The summed E-state index contributed by atoms with van der Waals surface area (Å²) in [6, 6.07) is 6.09. The number of thiophene rings is 1. The van der Waals surface area contributed by atoms with Crippen LogP contribution >= 0.6 is 22.9 Å². The molecule has 2 aromatic rings. The van der Waals surface area contributed by atoms with Crippen LogP contribution in [0.4, 0.5) is 0 Å². The van der Waals surface area contributed by atoms with Crippen LogP contribution in [-0.4, -0.2) is 9.97 Å². The van der Waals surface area contributed by atoms with Crippen LogP contribution in [-0.2, 0) is 10.8 Å². The van der Waals surface area contributed by atoms with Crippen LogP contribution in [0.3, 0.4) is 0 Å². The molecule has 2 rings (SSSR count). The maximum absolute atomic E-state index is 6.16. The van der Waals surface area contributed by atoms with E-state index < -0.39 is 0 Å². The third-order valence-corrected chi connectivity index (χ3v) is 4.73. The van der Waals surface area contributed by atoms with Gasteiger partial charge < -0.3 is 0 Å². The molecule has 0 saturated heterocycles. The molecule has 2 aromatic heterocycles. The molecule has 0 spiro atoms. The van der Waals surface area contributed by atoms with Crippen molar-refractivity contribution >= 4 is 22.9 Å². The second kappa shape index (κ2) is 5.12. The van der Waals surface area contributed by atoms with Gasteiger partial charge in [-0.15, -0.1) is 11.3 Å². The molecule has 0 amide bonds. The monoisotopic (exact) mass is 308 g/mol. The van der Waals surface area contributed by atoms with Crippen LogP contribution < -0.4 is 0 Å². The van der Waals surface area contributed by atoms with E-state index in [-0.39, 0.29) is 10.8 Å². The van der Waals surface area contributed by atoms with Crippen molar-refractivity contribution in [1.29, 1.82) is 0 Å². The van der Waals surface area contributed by atoms with E-state index in [1.807, 2.05) is 6.07 Å². The molecule has 0 saturated carbocycles. The Hall–Kier alpha value is -0.930. The zero-order valence-corrected chi connectivity index (χ0v) is 14.5. The molecule has 20 heavy (non-hydrogen) atoms. The molecular weight excluding hydrogens is 288 g/mol. The standard InChI is InChI=1S/C16H21ClN2S/c1-15(2,3)11-9-13(17)19-14(18-11)10-7-8-12(20-10)16(4,5)6/h7-9H,1-6H3. The highest BCUT2D eigenvalue weighted by atomic mass is 35.5. The highest BCUT2D eigenvalue weighted by Gasteiger charge is 2.20. The number of rotatable bonds is 1. The maximum atomic E-state index is 6.16. The van der Waals surface area contributed by atoms with Gasteiger partial charge >= 0.3 is 0 Å². The SMILES string of the molecule is CC(C)(C)c1cc(Cl)nc(-c2ccc(C(C)(C)C)s2)n1. The predicted molar refractivity (Wildman–Crippen MR) is 87.8 cm³/mol. The Kier molecular flexibility index (Phi) is 3.96. The van der Waals surface area contributed by atoms with Crippen molar-refractivity contribution in [2.24, 2.45) is 0 Å². The fourth-order valence-electron chi connectivity index (χ4n) is 1.77. The molecule has 0 fully saturated rings.